The van der Waals surface area contributed by atoms with E-state index in [0.717, 1.165) is 18.9 Å². The van der Waals surface area contributed by atoms with Crippen molar-refractivity contribution >= 4 is 0 Å². The summed E-state index contributed by atoms with van der Waals surface area (Å²) < 4.78 is 5.65. The zero-order valence-corrected chi connectivity index (χ0v) is 11.8. The average molecular weight is 250 g/mol. The first-order valence-corrected chi connectivity index (χ1v) is 7.21. The van der Waals surface area contributed by atoms with Gasteiger partial charge in [0.05, 0.1) is 19.7 Å². The van der Waals surface area contributed by atoms with E-state index in [4.69, 9.17) is 4.74 Å². The molecule has 0 saturated heterocycles. The Labute approximate surface area is 110 Å². The molecule has 2 rings (SSSR count). The molecule has 3 nitrogen and oxygen atoms in total. The third-order valence-corrected chi connectivity index (χ3v) is 3.97. The number of likely N-dealkylation sites (N-methyl/N-ethyl adjacent to an activating group) is 1. The Hall–Kier alpha value is -1.06. The van der Waals surface area contributed by atoms with Gasteiger partial charge in [-0.15, -0.1) is 0 Å². The molecule has 3 N–H and O–H groups in total. The molecular formula is C15H26N2O+2. The number of hydrogen-bond donors (Lipinski definition) is 2. The molecule has 0 spiro atoms. The van der Waals surface area contributed by atoms with Gasteiger partial charge in [0, 0.05) is 11.1 Å². The molecule has 1 aromatic rings. The number of ether oxygens (including phenoxy) is 1. The number of quaternary nitrogens is 2. The third kappa shape index (κ3) is 2.68. The fourth-order valence-electron chi connectivity index (χ4n) is 3.00. The van der Waals surface area contributed by atoms with E-state index < -0.39 is 0 Å². The quantitative estimate of drug-likeness (QED) is 0.764. The molecule has 0 aromatic heterocycles. The molecule has 0 radical (unpaired) electrons. The molecule has 0 unspecified atom stereocenters. The van der Waals surface area contributed by atoms with Crippen LogP contribution in [0.4, 0.5) is 0 Å². The second-order valence-corrected chi connectivity index (χ2v) is 4.94. The third-order valence-electron chi connectivity index (χ3n) is 3.97. The maximum atomic E-state index is 5.65. The van der Waals surface area contributed by atoms with Crippen LogP contribution in [0.3, 0.4) is 0 Å². The van der Waals surface area contributed by atoms with Crippen molar-refractivity contribution in [2.45, 2.75) is 33.4 Å². The van der Waals surface area contributed by atoms with Crippen LogP contribution in [-0.4, -0.2) is 26.2 Å². The summed E-state index contributed by atoms with van der Waals surface area (Å²) in [5.41, 5.74) is 2.98. The Morgan fingerprint density at radius 1 is 1.28 bits per heavy atom. The van der Waals surface area contributed by atoms with Crippen molar-refractivity contribution in [1.29, 1.82) is 0 Å². The van der Waals surface area contributed by atoms with Crippen LogP contribution >= 0.6 is 0 Å². The lowest BCUT2D eigenvalue weighted by Crippen LogP contribution is -3.14. The van der Waals surface area contributed by atoms with Crippen molar-refractivity contribution in [2.75, 3.05) is 26.2 Å². The van der Waals surface area contributed by atoms with Gasteiger partial charge in [-0.1, -0.05) is 0 Å². The molecule has 100 valence electrons. The van der Waals surface area contributed by atoms with Crippen molar-refractivity contribution in [2.24, 2.45) is 0 Å². The highest BCUT2D eigenvalue weighted by molar-refractivity contribution is 5.37. The van der Waals surface area contributed by atoms with Gasteiger partial charge >= 0.3 is 0 Å². The van der Waals surface area contributed by atoms with Crippen LogP contribution in [0, 0.1) is 0 Å². The summed E-state index contributed by atoms with van der Waals surface area (Å²) in [6, 6.07) is 7.23. The van der Waals surface area contributed by atoms with Crippen molar-refractivity contribution < 1.29 is 15.0 Å². The second kappa shape index (κ2) is 6.21. The van der Waals surface area contributed by atoms with Gasteiger partial charge in [0.25, 0.3) is 0 Å². The lowest BCUT2D eigenvalue weighted by molar-refractivity contribution is -0.945. The topological polar surface area (TPSA) is 30.3 Å². The van der Waals surface area contributed by atoms with Crippen molar-refractivity contribution in [1.82, 2.24) is 0 Å². The van der Waals surface area contributed by atoms with Gasteiger partial charge in [0.15, 0.2) is 6.04 Å². The Balaban J connectivity index is 2.30. The van der Waals surface area contributed by atoms with Gasteiger partial charge in [0.2, 0.25) is 0 Å². The number of benzene rings is 1. The highest BCUT2D eigenvalue weighted by Gasteiger charge is 2.30. The molecule has 1 atom stereocenters. The van der Waals surface area contributed by atoms with Gasteiger partial charge in [0.1, 0.15) is 18.8 Å². The van der Waals surface area contributed by atoms with E-state index in [-0.39, 0.29) is 0 Å². The van der Waals surface area contributed by atoms with Crippen LogP contribution in [0.1, 0.15) is 37.9 Å². The van der Waals surface area contributed by atoms with Gasteiger partial charge in [-0.25, -0.2) is 0 Å². The Bertz CT molecular complexity index is 388. The predicted octanol–water partition coefficient (Wildman–Crippen LogP) is 0.128. The highest BCUT2D eigenvalue weighted by Crippen LogP contribution is 2.23. The van der Waals surface area contributed by atoms with Crippen LogP contribution in [-0.2, 0) is 6.54 Å². The lowest BCUT2D eigenvalue weighted by Gasteiger charge is -2.30. The second-order valence-electron chi connectivity index (χ2n) is 4.94. The molecule has 0 saturated carbocycles. The molecule has 3 heteroatoms. The van der Waals surface area contributed by atoms with Crippen LogP contribution in [0.25, 0.3) is 0 Å². The first-order valence-electron chi connectivity index (χ1n) is 7.21. The Morgan fingerprint density at radius 3 is 2.72 bits per heavy atom. The molecule has 1 heterocycles. The SMILES string of the molecule is CCOc1ccc2c(c1)[C@H]([NH+](CC)CC)C[NH2+]C2. The summed E-state index contributed by atoms with van der Waals surface area (Å²) in [6.45, 7) is 12.0. The fraction of sp³-hybridized carbons (Fsp3) is 0.600. The van der Waals surface area contributed by atoms with Gasteiger partial charge in [-0.3, -0.25) is 0 Å². The van der Waals surface area contributed by atoms with Crippen molar-refractivity contribution in [3.63, 3.8) is 0 Å². The van der Waals surface area contributed by atoms with Gasteiger partial charge in [-0.05, 0) is 39.0 Å². The molecule has 0 fully saturated rings. The van der Waals surface area contributed by atoms with Gasteiger partial charge in [-0.2, -0.15) is 0 Å². The zero-order valence-electron chi connectivity index (χ0n) is 11.8. The van der Waals surface area contributed by atoms with E-state index in [0.29, 0.717) is 6.04 Å². The monoisotopic (exact) mass is 250 g/mol. The zero-order chi connectivity index (χ0) is 13.0. The average Bonchev–Trinajstić information content (AvgIpc) is 2.41. The van der Waals surface area contributed by atoms with Crippen LogP contribution in [0.5, 0.6) is 5.75 Å². The summed E-state index contributed by atoms with van der Waals surface area (Å²) in [5, 5.41) is 2.43. The number of rotatable bonds is 5. The summed E-state index contributed by atoms with van der Waals surface area (Å²) in [5.74, 6) is 1.02. The van der Waals surface area contributed by atoms with Crippen LogP contribution in [0.2, 0.25) is 0 Å². The van der Waals surface area contributed by atoms with Crippen LogP contribution in [0.15, 0.2) is 18.2 Å². The van der Waals surface area contributed by atoms with Crippen molar-refractivity contribution in [3.8, 4) is 5.75 Å². The molecule has 18 heavy (non-hydrogen) atoms. The molecule has 1 aliphatic rings. The molecular weight excluding hydrogens is 224 g/mol. The summed E-state index contributed by atoms with van der Waals surface area (Å²) in [6.07, 6.45) is 0. The number of nitrogens with one attached hydrogen (secondary N) is 1. The van der Waals surface area contributed by atoms with E-state index in [9.17, 15) is 0 Å². The number of nitrogens with two attached hydrogens (primary N) is 1. The Morgan fingerprint density at radius 2 is 2.06 bits per heavy atom. The van der Waals surface area contributed by atoms with E-state index in [2.05, 4.69) is 37.4 Å². The maximum absolute atomic E-state index is 5.65. The number of fused-ring (bicyclic) bond motifs is 1. The normalized spacial score (nSPS) is 18.8. The summed E-state index contributed by atoms with van der Waals surface area (Å²) in [4.78, 5) is 1.67. The first kappa shape index (κ1) is 13.4. The summed E-state index contributed by atoms with van der Waals surface area (Å²) in [7, 11) is 0. The maximum Gasteiger partial charge on any atom is 0.163 e. The van der Waals surface area contributed by atoms with E-state index in [1.165, 1.54) is 30.8 Å². The smallest absolute Gasteiger partial charge is 0.163 e. The summed E-state index contributed by atoms with van der Waals surface area (Å²) >= 11 is 0. The van der Waals surface area contributed by atoms with E-state index in [1.54, 1.807) is 4.90 Å². The van der Waals surface area contributed by atoms with Crippen molar-refractivity contribution in [3.05, 3.63) is 29.3 Å². The molecule has 0 bridgehead atoms. The molecule has 1 aromatic carbocycles. The molecule has 1 aliphatic heterocycles. The first-order chi connectivity index (χ1) is 8.80. The predicted molar refractivity (Wildman–Crippen MR) is 72.9 cm³/mol. The largest absolute Gasteiger partial charge is 0.494 e. The molecule has 0 amide bonds. The van der Waals surface area contributed by atoms with Crippen LogP contribution < -0.4 is 15.0 Å². The minimum atomic E-state index is 0.615. The highest BCUT2D eigenvalue weighted by atomic mass is 16.5. The number of hydrogen-bond acceptors (Lipinski definition) is 1. The lowest BCUT2D eigenvalue weighted by atomic mass is 9.95. The minimum Gasteiger partial charge on any atom is -0.494 e. The fourth-order valence-corrected chi connectivity index (χ4v) is 3.00. The molecule has 0 aliphatic carbocycles. The van der Waals surface area contributed by atoms with Gasteiger partial charge < -0.3 is 15.0 Å². The van der Waals surface area contributed by atoms with E-state index >= 15 is 0 Å². The minimum absolute atomic E-state index is 0.615. The standard InChI is InChI=1S/C15H24N2O/c1-4-17(5-2)15-11-16-10-12-7-8-13(18-6-3)9-14(12)15/h7-9,15-16H,4-6,10-11H2,1-3H3/p+2/t15-/m1/s1. The van der Waals surface area contributed by atoms with E-state index in [1.807, 2.05) is 6.92 Å². The Kier molecular flexibility index (Phi) is 4.61.